The second-order valence-electron chi connectivity index (χ2n) is 6.21. The van der Waals surface area contributed by atoms with Crippen molar-refractivity contribution < 1.29 is 9.53 Å². The Morgan fingerprint density at radius 3 is 2.74 bits per heavy atom. The van der Waals surface area contributed by atoms with Crippen LogP contribution in [0, 0.1) is 11.8 Å². The molecule has 0 aromatic heterocycles. The number of rotatable bonds is 7. The topological polar surface area (TPSA) is 41.6 Å². The van der Waals surface area contributed by atoms with Gasteiger partial charge in [-0.15, -0.1) is 0 Å². The van der Waals surface area contributed by atoms with Gasteiger partial charge in [-0.05, 0) is 44.1 Å². The van der Waals surface area contributed by atoms with Gasteiger partial charge in [-0.2, -0.15) is 0 Å². The zero-order chi connectivity index (χ0) is 13.7. The van der Waals surface area contributed by atoms with Crippen LogP contribution >= 0.6 is 0 Å². The fourth-order valence-corrected chi connectivity index (χ4v) is 3.10. The number of esters is 1. The molecule has 0 bridgehead atoms. The number of hydrogen-bond donors (Lipinski definition) is 1. The predicted molar refractivity (Wildman–Crippen MR) is 76.0 cm³/mol. The quantitative estimate of drug-likeness (QED) is 0.713. The number of likely N-dealkylation sites (tertiary alicyclic amines) is 1. The summed E-state index contributed by atoms with van der Waals surface area (Å²) in [6.07, 6.45) is 6.54. The van der Waals surface area contributed by atoms with Gasteiger partial charge >= 0.3 is 5.97 Å². The van der Waals surface area contributed by atoms with Crippen LogP contribution < -0.4 is 5.32 Å². The molecule has 2 rings (SSSR count). The molecule has 0 aromatic carbocycles. The van der Waals surface area contributed by atoms with Gasteiger partial charge in [0.2, 0.25) is 0 Å². The lowest BCUT2D eigenvalue weighted by Crippen LogP contribution is -2.51. The monoisotopic (exact) mass is 268 g/mol. The molecule has 2 fully saturated rings. The summed E-state index contributed by atoms with van der Waals surface area (Å²) in [6.45, 7) is 5.88. The van der Waals surface area contributed by atoms with Gasteiger partial charge in [-0.3, -0.25) is 9.69 Å². The maximum Gasteiger partial charge on any atom is 0.319 e. The Bertz CT molecular complexity index is 292. The van der Waals surface area contributed by atoms with E-state index in [-0.39, 0.29) is 5.97 Å². The second-order valence-corrected chi connectivity index (χ2v) is 6.21. The zero-order valence-electron chi connectivity index (χ0n) is 12.4. The fraction of sp³-hybridized carbons (Fsp3) is 0.933. The second kappa shape index (κ2) is 7.25. The van der Waals surface area contributed by atoms with Crippen molar-refractivity contribution in [2.24, 2.45) is 11.8 Å². The minimum absolute atomic E-state index is 0.113. The van der Waals surface area contributed by atoms with E-state index in [0.717, 1.165) is 31.5 Å². The summed E-state index contributed by atoms with van der Waals surface area (Å²) < 4.78 is 4.79. The Morgan fingerprint density at radius 1 is 1.32 bits per heavy atom. The summed E-state index contributed by atoms with van der Waals surface area (Å²) in [5.41, 5.74) is 0. The molecule has 0 aromatic rings. The Hall–Kier alpha value is -0.610. The molecule has 4 nitrogen and oxygen atoms in total. The summed E-state index contributed by atoms with van der Waals surface area (Å²) in [7, 11) is 1.47. The van der Waals surface area contributed by atoms with Crippen molar-refractivity contribution in [1.82, 2.24) is 10.2 Å². The lowest BCUT2D eigenvalue weighted by atomic mass is 9.90. The Kier molecular flexibility index (Phi) is 5.64. The van der Waals surface area contributed by atoms with E-state index in [2.05, 4.69) is 17.1 Å². The summed E-state index contributed by atoms with van der Waals surface area (Å²) in [5.74, 6) is 1.53. The Labute approximate surface area is 116 Å². The molecule has 4 heteroatoms. The normalized spacial score (nSPS) is 28.3. The first-order valence-electron chi connectivity index (χ1n) is 7.73. The molecule has 1 saturated carbocycles. The van der Waals surface area contributed by atoms with E-state index >= 15 is 0 Å². The maximum absolute atomic E-state index is 11.4. The van der Waals surface area contributed by atoms with Crippen molar-refractivity contribution in [1.29, 1.82) is 0 Å². The average Bonchev–Trinajstić information content (AvgIpc) is 3.20. The first-order valence-corrected chi connectivity index (χ1v) is 7.73. The molecular weight excluding hydrogens is 240 g/mol. The van der Waals surface area contributed by atoms with E-state index in [1.54, 1.807) is 0 Å². The van der Waals surface area contributed by atoms with Gasteiger partial charge in [-0.25, -0.2) is 0 Å². The molecule has 1 aliphatic carbocycles. The number of nitrogens with one attached hydrogen (secondary N) is 1. The Balaban J connectivity index is 1.81. The van der Waals surface area contributed by atoms with E-state index in [4.69, 9.17) is 4.74 Å². The smallest absolute Gasteiger partial charge is 0.319 e. The first-order chi connectivity index (χ1) is 9.21. The molecule has 2 atom stereocenters. The lowest BCUT2D eigenvalue weighted by molar-refractivity contribution is -0.142. The van der Waals surface area contributed by atoms with Crippen LogP contribution in [-0.2, 0) is 9.53 Å². The third kappa shape index (κ3) is 5.11. The highest BCUT2D eigenvalue weighted by Gasteiger charge is 2.29. The van der Waals surface area contributed by atoms with Gasteiger partial charge in [0, 0.05) is 19.1 Å². The van der Waals surface area contributed by atoms with Crippen LogP contribution in [0.5, 0.6) is 0 Å². The zero-order valence-corrected chi connectivity index (χ0v) is 12.4. The molecule has 0 amide bonds. The highest BCUT2D eigenvalue weighted by atomic mass is 16.5. The van der Waals surface area contributed by atoms with Crippen molar-refractivity contribution in [2.45, 2.75) is 45.1 Å². The molecule has 0 spiro atoms. The summed E-state index contributed by atoms with van der Waals surface area (Å²) in [4.78, 5) is 13.7. The van der Waals surface area contributed by atoms with Crippen molar-refractivity contribution in [3.8, 4) is 0 Å². The maximum atomic E-state index is 11.4. The van der Waals surface area contributed by atoms with E-state index < -0.39 is 0 Å². The third-order valence-corrected chi connectivity index (χ3v) is 4.28. The van der Waals surface area contributed by atoms with E-state index in [1.165, 1.54) is 39.2 Å². The molecule has 110 valence electrons. The minimum atomic E-state index is -0.113. The van der Waals surface area contributed by atoms with Crippen LogP contribution in [-0.4, -0.2) is 50.2 Å². The molecule has 1 heterocycles. The number of methoxy groups -OCH3 is 1. The van der Waals surface area contributed by atoms with Gasteiger partial charge in [0.25, 0.3) is 0 Å². The van der Waals surface area contributed by atoms with E-state index in [9.17, 15) is 4.79 Å². The van der Waals surface area contributed by atoms with Crippen LogP contribution in [0.1, 0.15) is 39.0 Å². The molecule has 2 aliphatic rings. The number of carbonyl (C=O) groups excluding carboxylic acids is 1. The van der Waals surface area contributed by atoms with Gasteiger partial charge in [0.1, 0.15) is 0 Å². The molecule has 1 N–H and O–H groups in total. The fourth-order valence-electron chi connectivity index (χ4n) is 3.10. The van der Waals surface area contributed by atoms with Crippen molar-refractivity contribution in [3.05, 3.63) is 0 Å². The Morgan fingerprint density at radius 2 is 2.11 bits per heavy atom. The van der Waals surface area contributed by atoms with E-state index in [1.807, 2.05) is 0 Å². The molecule has 0 radical (unpaired) electrons. The molecule has 1 aliphatic heterocycles. The summed E-state index contributed by atoms with van der Waals surface area (Å²) in [6, 6.07) is 0.551. The van der Waals surface area contributed by atoms with Crippen molar-refractivity contribution in [3.63, 3.8) is 0 Å². The lowest BCUT2D eigenvalue weighted by Gasteiger charge is -2.37. The van der Waals surface area contributed by atoms with Crippen molar-refractivity contribution in [2.75, 3.05) is 33.3 Å². The van der Waals surface area contributed by atoms with E-state index in [0.29, 0.717) is 12.6 Å². The standard InChI is InChI=1S/C15H28N2O2/c1-3-4-13-7-14(16-8-12-5-6-12)10-17(9-13)11-15(18)19-2/h12-14,16H,3-11H2,1-2H3. The summed E-state index contributed by atoms with van der Waals surface area (Å²) >= 11 is 0. The van der Waals surface area contributed by atoms with Crippen molar-refractivity contribution >= 4 is 5.97 Å². The number of piperidine rings is 1. The largest absolute Gasteiger partial charge is 0.468 e. The predicted octanol–water partition coefficient (Wildman–Crippen LogP) is 1.65. The highest BCUT2D eigenvalue weighted by Crippen LogP contribution is 2.28. The molecular formula is C15H28N2O2. The highest BCUT2D eigenvalue weighted by molar-refractivity contribution is 5.71. The molecule has 2 unspecified atom stereocenters. The van der Waals surface area contributed by atoms with Gasteiger partial charge < -0.3 is 10.1 Å². The first kappa shape index (κ1) is 14.8. The number of hydrogen-bond acceptors (Lipinski definition) is 4. The van der Waals surface area contributed by atoms with Crippen LogP contribution in [0.3, 0.4) is 0 Å². The molecule has 1 saturated heterocycles. The SMILES string of the molecule is CCCC1CC(NCC2CC2)CN(CC(=O)OC)C1. The number of nitrogens with zero attached hydrogens (tertiary/aromatic N) is 1. The van der Waals surface area contributed by atoms with Gasteiger partial charge in [0.05, 0.1) is 13.7 Å². The van der Waals surface area contributed by atoms with Crippen LogP contribution in [0.4, 0.5) is 0 Å². The number of ether oxygens (including phenoxy) is 1. The van der Waals surface area contributed by atoms with Gasteiger partial charge in [-0.1, -0.05) is 13.3 Å². The summed E-state index contributed by atoms with van der Waals surface area (Å²) in [5, 5.41) is 3.70. The van der Waals surface area contributed by atoms with Crippen LogP contribution in [0.15, 0.2) is 0 Å². The minimum Gasteiger partial charge on any atom is -0.468 e. The van der Waals surface area contributed by atoms with Crippen LogP contribution in [0.2, 0.25) is 0 Å². The van der Waals surface area contributed by atoms with Crippen LogP contribution in [0.25, 0.3) is 0 Å². The van der Waals surface area contributed by atoms with Gasteiger partial charge in [0.15, 0.2) is 0 Å². The number of carbonyl (C=O) groups is 1. The third-order valence-electron chi connectivity index (χ3n) is 4.28. The molecule has 19 heavy (non-hydrogen) atoms. The average molecular weight is 268 g/mol.